The van der Waals surface area contributed by atoms with Gasteiger partial charge in [-0.15, -0.1) is 0 Å². The van der Waals surface area contributed by atoms with Crippen LogP contribution in [0, 0.1) is 29.3 Å². The molecule has 1 aliphatic carbocycles. The molecule has 0 aromatic heterocycles. The average Bonchev–Trinajstić information content (AvgIpc) is 2.66. The van der Waals surface area contributed by atoms with Gasteiger partial charge in [-0.2, -0.15) is 0 Å². The standard InChI is InChI=1S/C20H26F3N3O2/c21-14-10-16(23)18(11-15(14)22)25-19(27)9-12-5-7-26(8-6-12)20(28)13-3-1-2-4-17(13)24/h10-13,17H,1-9,24H2,(H,25,27)/t13-,17-/m0/s1. The molecule has 1 heterocycles. The molecule has 3 rings (SSSR count). The number of nitrogens with two attached hydrogens (primary N) is 1. The van der Waals surface area contributed by atoms with Crippen LogP contribution in [0.15, 0.2) is 12.1 Å². The zero-order valence-electron chi connectivity index (χ0n) is 15.7. The molecular weight excluding hydrogens is 371 g/mol. The number of carbonyl (C=O) groups excluding carboxylic acids is 2. The maximum Gasteiger partial charge on any atom is 0.227 e. The van der Waals surface area contributed by atoms with E-state index in [1.165, 1.54) is 0 Å². The van der Waals surface area contributed by atoms with Crippen LogP contribution in [0.3, 0.4) is 0 Å². The van der Waals surface area contributed by atoms with Gasteiger partial charge in [0.05, 0.1) is 11.6 Å². The molecule has 2 aliphatic rings. The van der Waals surface area contributed by atoms with Gasteiger partial charge in [-0.1, -0.05) is 12.8 Å². The van der Waals surface area contributed by atoms with Gasteiger partial charge in [-0.3, -0.25) is 9.59 Å². The Hall–Kier alpha value is -2.09. The molecule has 0 spiro atoms. The number of amides is 2. The van der Waals surface area contributed by atoms with E-state index < -0.39 is 23.4 Å². The minimum absolute atomic E-state index is 0.0532. The van der Waals surface area contributed by atoms with E-state index in [2.05, 4.69) is 5.32 Å². The first kappa shape index (κ1) is 20.6. The van der Waals surface area contributed by atoms with Crippen LogP contribution in [-0.4, -0.2) is 35.8 Å². The van der Waals surface area contributed by atoms with Crippen molar-refractivity contribution in [1.82, 2.24) is 4.90 Å². The van der Waals surface area contributed by atoms with Crippen LogP contribution in [0.1, 0.15) is 44.9 Å². The highest BCUT2D eigenvalue weighted by atomic mass is 19.2. The second kappa shape index (κ2) is 8.94. The largest absolute Gasteiger partial charge is 0.342 e. The molecule has 28 heavy (non-hydrogen) atoms. The van der Waals surface area contributed by atoms with Gasteiger partial charge in [0.15, 0.2) is 11.6 Å². The molecule has 2 amide bonds. The maximum absolute atomic E-state index is 13.6. The topological polar surface area (TPSA) is 75.4 Å². The highest BCUT2D eigenvalue weighted by Gasteiger charge is 2.33. The van der Waals surface area contributed by atoms with Gasteiger partial charge in [0, 0.05) is 37.7 Å². The van der Waals surface area contributed by atoms with Crippen LogP contribution >= 0.6 is 0 Å². The van der Waals surface area contributed by atoms with Gasteiger partial charge >= 0.3 is 0 Å². The van der Waals surface area contributed by atoms with E-state index in [1.807, 2.05) is 4.90 Å². The smallest absolute Gasteiger partial charge is 0.227 e. The first-order valence-electron chi connectivity index (χ1n) is 9.84. The number of rotatable bonds is 4. The molecule has 0 radical (unpaired) electrons. The fraction of sp³-hybridized carbons (Fsp3) is 0.600. The van der Waals surface area contributed by atoms with Gasteiger partial charge in [0.25, 0.3) is 0 Å². The van der Waals surface area contributed by atoms with Crippen molar-refractivity contribution >= 4 is 17.5 Å². The number of hydrogen-bond acceptors (Lipinski definition) is 3. The summed E-state index contributed by atoms with van der Waals surface area (Å²) in [5, 5.41) is 2.30. The Kier molecular flexibility index (Phi) is 6.59. The minimum Gasteiger partial charge on any atom is -0.342 e. The molecule has 154 valence electrons. The van der Waals surface area contributed by atoms with Gasteiger partial charge in [0.1, 0.15) is 5.82 Å². The molecule has 0 unspecified atom stereocenters. The lowest BCUT2D eigenvalue weighted by Crippen LogP contribution is -2.48. The summed E-state index contributed by atoms with van der Waals surface area (Å²) >= 11 is 0. The Morgan fingerprint density at radius 3 is 2.32 bits per heavy atom. The number of piperidine rings is 1. The van der Waals surface area contributed by atoms with Crippen molar-refractivity contribution in [2.75, 3.05) is 18.4 Å². The maximum atomic E-state index is 13.6. The molecule has 1 aromatic rings. The van der Waals surface area contributed by atoms with Crippen LogP contribution in [0.25, 0.3) is 0 Å². The van der Waals surface area contributed by atoms with E-state index in [0.29, 0.717) is 38.1 Å². The molecule has 1 saturated heterocycles. The van der Waals surface area contributed by atoms with Crippen molar-refractivity contribution in [1.29, 1.82) is 0 Å². The lowest BCUT2D eigenvalue weighted by atomic mass is 9.83. The van der Waals surface area contributed by atoms with Crippen LogP contribution in [-0.2, 0) is 9.59 Å². The molecule has 3 N–H and O–H groups in total. The predicted octanol–water partition coefficient (Wildman–Crippen LogP) is 3.19. The van der Waals surface area contributed by atoms with Crippen LogP contribution < -0.4 is 11.1 Å². The lowest BCUT2D eigenvalue weighted by Gasteiger charge is -2.37. The minimum atomic E-state index is -1.30. The monoisotopic (exact) mass is 397 g/mol. The molecule has 1 saturated carbocycles. The highest BCUT2D eigenvalue weighted by Crippen LogP contribution is 2.28. The first-order valence-corrected chi connectivity index (χ1v) is 9.84. The second-order valence-electron chi connectivity index (χ2n) is 7.82. The number of likely N-dealkylation sites (tertiary alicyclic amines) is 1. The fourth-order valence-electron chi connectivity index (χ4n) is 4.14. The van der Waals surface area contributed by atoms with Crippen molar-refractivity contribution in [3.05, 3.63) is 29.6 Å². The summed E-state index contributed by atoms with van der Waals surface area (Å²) in [6, 6.07) is 0.971. The SMILES string of the molecule is N[C@H]1CCCC[C@@H]1C(=O)N1CCC(CC(=O)Nc2cc(F)c(F)cc2F)CC1. The number of carbonyl (C=O) groups is 2. The van der Waals surface area contributed by atoms with Crippen molar-refractivity contribution in [2.24, 2.45) is 17.6 Å². The van der Waals surface area contributed by atoms with Gasteiger partial charge < -0.3 is 16.0 Å². The normalized spacial score (nSPS) is 23.5. The number of benzene rings is 1. The number of halogens is 3. The van der Waals surface area contributed by atoms with E-state index in [1.54, 1.807) is 0 Å². The van der Waals surface area contributed by atoms with Crippen LogP contribution in [0.4, 0.5) is 18.9 Å². The second-order valence-corrected chi connectivity index (χ2v) is 7.82. The van der Waals surface area contributed by atoms with Crippen molar-refractivity contribution in [3.8, 4) is 0 Å². The summed E-state index contributed by atoms with van der Waals surface area (Å²) in [7, 11) is 0. The summed E-state index contributed by atoms with van der Waals surface area (Å²) in [6.07, 6.45) is 5.30. The molecule has 1 aromatic carbocycles. The van der Waals surface area contributed by atoms with Crippen molar-refractivity contribution in [2.45, 2.75) is 51.0 Å². The van der Waals surface area contributed by atoms with Gasteiger partial charge in [-0.05, 0) is 31.6 Å². The Balaban J connectivity index is 1.48. The molecule has 1 aliphatic heterocycles. The summed E-state index contributed by atoms with van der Waals surface area (Å²) in [4.78, 5) is 26.7. The number of hydrogen-bond donors (Lipinski definition) is 2. The Morgan fingerprint density at radius 1 is 1.00 bits per heavy atom. The zero-order chi connectivity index (χ0) is 20.3. The molecule has 8 heteroatoms. The molecular formula is C20H26F3N3O2. The third-order valence-corrected chi connectivity index (χ3v) is 5.82. The zero-order valence-corrected chi connectivity index (χ0v) is 15.7. The average molecular weight is 397 g/mol. The third kappa shape index (κ3) is 4.84. The van der Waals surface area contributed by atoms with Gasteiger partial charge in [0.2, 0.25) is 11.8 Å². The summed E-state index contributed by atoms with van der Waals surface area (Å²) in [5.41, 5.74) is 5.73. The van der Waals surface area contributed by atoms with Crippen molar-refractivity contribution < 1.29 is 22.8 Å². The Morgan fingerprint density at radius 2 is 1.64 bits per heavy atom. The summed E-state index contributed by atoms with van der Waals surface area (Å²) in [6.45, 7) is 1.14. The van der Waals surface area contributed by atoms with Crippen LogP contribution in [0.5, 0.6) is 0 Å². The summed E-state index contributed by atoms with van der Waals surface area (Å²) in [5.74, 6) is -3.93. The highest BCUT2D eigenvalue weighted by molar-refractivity contribution is 5.91. The van der Waals surface area contributed by atoms with E-state index >= 15 is 0 Å². The quantitative estimate of drug-likeness (QED) is 0.767. The number of nitrogens with zero attached hydrogens (tertiary/aromatic N) is 1. The predicted molar refractivity (Wildman–Crippen MR) is 98.8 cm³/mol. The van der Waals surface area contributed by atoms with E-state index in [4.69, 9.17) is 5.73 Å². The van der Waals surface area contributed by atoms with Gasteiger partial charge in [-0.25, -0.2) is 13.2 Å². The lowest BCUT2D eigenvalue weighted by molar-refractivity contribution is -0.138. The Labute approximate surface area is 162 Å². The molecule has 0 bridgehead atoms. The third-order valence-electron chi connectivity index (χ3n) is 5.82. The van der Waals surface area contributed by atoms with E-state index in [9.17, 15) is 22.8 Å². The molecule has 2 fully saturated rings. The van der Waals surface area contributed by atoms with E-state index in [0.717, 1.165) is 25.7 Å². The summed E-state index contributed by atoms with van der Waals surface area (Å²) < 4.78 is 39.8. The number of nitrogens with one attached hydrogen (secondary N) is 1. The molecule has 2 atom stereocenters. The van der Waals surface area contributed by atoms with Crippen molar-refractivity contribution in [3.63, 3.8) is 0 Å². The first-order chi connectivity index (χ1) is 13.3. The molecule has 5 nitrogen and oxygen atoms in total. The van der Waals surface area contributed by atoms with E-state index in [-0.39, 0.29) is 35.9 Å². The fourth-order valence-corrected chi connectivity index (χ4v) is 4.14. The van der Waals surface area contributed by atoms with Crippen LogP contribution in [0.2, 0.25) is 0 Å². The Bertz CT molecular complexity index is 736. The number of anilines is 1.